The van der Waals surface area contributed by atoms with Gasteiger partial charge in [0.15, 0.2) is 9.84 Å². The molecule has 0 amide bonds. The van der Waals surface area contributed by atoms with Crippen molar-refractivity contribution in [1.29, 1.82) is 0 Å². The molecule has 0 fully saturated rings. The predicted octanol–water partition coefficient (Wildman–Crippen LogP) is 0.360. The first-order valence-corrected chi connectivity index (χ1v) is 6.56. The molecular weight excluding hydrogens is 216 g/mol. The highest BCUT2D eigenvalue weighted by atomic mass is 32.2. The molecule has 0 spiro atoms. The van der Waals surface area contributed by atoms with Crippen molar-refractivity contribution in [3.8, 4) is 0 Å². The summed E-state index contributed by atoms with van der Waals surface area (Å²) in [6.45, 7) is 5.69. The van der Waals surface area contributed by atoms with E-state index in [9.17, 15) is 13.2 Å². The number of hydrogen-bond donors (Lipinski definition) is 1. The van der Waals surface area contributed by atoms with Crippen molar-refractivity contribution in [3.63, 3.8) is 0 Å². The Morgan fingerprint density at radius 1 is 1.27 bits per heavy atom. The first kappa shape index (κ1) is 10.5. The monoisotopic (exact) mass is 230 g/mol. The Morgan fingerprint density at radius 3 is 2.33 bits per heavy atom. The van der Waals surface area contributed by atoms with Gasteiger partial charge in [-0.2, -0.15) is 0 Å². The number of sulfone groups is 1. The van der Waals surface area contributed by atoms with E-state index in [-0.39, 0.29) is 22.6 Å². The second-order valence-electron chi connectivity index (χ2n) is 4.91. The van der Waals surface area contributed by atoms with E-state index in [0.29, 0.717) is 11.3 Å². The fraction of sp³-hybridized carbons (Fsp3) is 0.667. The maximum Gasteiger partial charge on any atom is 0.271 e. The summed E-state index contributed by atoms with van der Waals surface area (Å²) in [5.74, 6) is -0.165. The van der Waals surface area contributed by atoms with E-state index in [2.05, 4.69) is 5.10 Å². The van der Waals surface area contributed by atoms with Gasteiger partial charge < -0.3 is 0 Å². The molecule has 0 saturated carbocycles. The lowest BCUT2D eigenvalue weighted by Crippen LogP contribution is -2.33. The lowest BCUT2D eigenvalue weighted by Gasteiger charge is -2.19. The van der Waals surface area contributed by atoms with Crippen LogP contribution in [-0.4, -0.2) is 18.2 Å². The largest absolute Gasteiger partial charge is 0.298 e. The zero-order chi connectivity index (χ0) is 11.4. The van der Waals surface area contributed by atoms with Gasteiger partial charge in [-0.1, -0.05) is 0 Å². The van der Waals surface area contributed by atoms with Crippen molar-refractivity contribution in [2.24, 2.45) is 0 Å². The van der Waals surface area contributed by atoms with E-state index in [1.165, 1.54) is 4.68 Å². The molecule has 0 atom stereocenters. The van der Waals surface area contributed by atoms with Crippen LogP contribution in [0.25, 0.3) is 0 Å². The predicted molar refractivity (Wildman–Crippen MR) is 56.4 cm³/mol. The summed E-state index contributed by atoms with van der Waals surface area (Å²) in [6.07, 6.45) is 0. The average molecular weight is 230 g/mol. The molecule has 1 aliphatic heterocycles. The van der Waals surface area contributed by atoms with Gasteiger partial charge in [0.1, 0.15) is 0 Å². The average Bonchev–Trinajstić information content (AvgIpc) is 2.45. The number of aromatic amines is 1. The molecule has 6 heteroatoms. The molecule has 1 aromatic rings. The highest BCUT2D eigenvalue weighted by Crippen LogP contribution is 2.22. The first-order valence-electron chi connectivity index (χ1n) is 4.74. The Hall–Kier alpha value is -1.04. The van der Waals surface area contributed by atoms with E-state index in [0.717, 1.165) is 0 Å². The van der Waals surface area contributed by atoms with Gasteiger partial charge in [-0.05, 0) is 20.8 Å². The van der Waals surface area contributed by atoms with Crippen molar-refractivity contribution in [1.82, 2.24) is 9.78 Å². The fourth-order valence-electron chi connectivity index (χ4n) is 1.75. The second kappa shape index (κ2) is 2.75. The van der Waals surface area contributed by atoms with E-state index >= 15 is 0 Å². The molecule has 15 heavy (non-hydrogen) atoms. The molecule has 2 heterocycles. The Labute approximate surface area is 88.0 Å². The smallest absolute Gasteiger partial charge is 0.271 e. The summed E-state index contributed by atoms with van der Waals surface area (Å²) in [7, 11) is -3.09. The van der Waals surface area contributed by atoms with Gasteiger partial charge in [0.05, 0.1) is 28.3 Å². The zero-order valence-corrected chi connectivity index (χ0v) is 9.81. The van der Waals surface area contributed by atoms with Gasteiger partial charge in [-0.15, -0.1) is 0 Å². The molecule has 1 N–H and O–H groups in total. The van der Waals surface area contributed by atoms with Crippen LogP contribution in [-0.2, 0) is 26.9 Å². The van der Waals surface area contributed by atoms with Crippen molar-refractivity contribution in [2.45, 2.75) is 37.8 Å². The van der Waals surface area contributed by atoms with Crippen molar-refractivity contribution >= 4 is 9.84 Å². The van der Waals surface area contributed by atoms with Crippen LogP contribution in [0.15, 0.2) is 4.79 Å². The van der Waals surface area contributed by atoms with Gasteiger partial charge in [-0.3, -0.25) is 9.89 Å². The number of hydrogen-bond acceptors (Lipinski definition) is 3. The van der Waals surface area contributed by atoms with Crippen LogP contribution in [0.5, 0.6) is 0 Å². The highest BCUT2D eigenvalue weighted by molar-refractivity contribution is 7.90. The van der Waals surface area contributed by atoms with Crippen molar-refractivity contribution in [2.75, 3.05) is 0 Å². The third-order valence-electron chi connectivity index (χ3n) is 2.47. The standard InChI is InChI=1S/C9H14N2O3S/c1-9(2,3)11-8(12)6-4-15(13,14)5-7(6)10-11/h10H,4-5H2,1-3H3. The number of nitrogens with zero attached hydrogens (tertiary/aromatic N) is 1. The maximum absolute atomic E-state index is 11.9. The topological polar surface area (TPSA) is 71.9 Å². The van der Waals surface area contributed by atoms with E-state index in [1.54, 1.807) is 0 Å². The number of nitrogens with one attached hydrogen (secondary N) is 1. The minimum absolute atomic E-state index is 0.0410. The molecular formula is C9H14N2O3S. The molecule has 1 aliphatic rings. The summed E-state index contributed by atoms with van der Waals surface area (Å²) in [5.41, 5.74) is 0.406. The van der Waals surface area contributed by atoms with Crippen LogP contribution < -0.4 is 5.56 Å². The Balaban J connectivity index is 2.60. The first-order chi connectivity index (χ1) is 6.71. The van der Waals surface area contributed by atoms with Gasteiger partial charge >= 0.3 is 0 Å². The highest BCUT2D eigenvalue weighted by Gasteiger charge is 2.32. The van der Waals surface area contributed by atoms with Crippen LogP contribution in [0, 0.1) is 0 Å². The van der Waals surface area contributed by atoms with Gasteiger partial charge in [0.25, 0.3) is 5.56 Å². The summed E-state index contributed by atoms with van der Waals surface area (Å²) < 4.78 is 24.1. The Morgan fingerprint density at radius 2 is 1.87 bits per heavy atom. The van der Waals surface area contributed by atoms with Crippen LogP contribution in [0.3, 0.4) is 0 Å². The molecule has 0 aliphatic carbocycles. The SMILES string of the molecule is CC(C)(C)n1[nH]c2c(c1=O)CS(=O)(=O)C2. The third kappa shape index (κ3) is 1.62. The van der Waals surface area contributed by atoms with Gasteiger partial charge in [0.2, 0.25) is 0 Å². The van der Waals surface area contributed by atoms with Crippen LogP contribution in [0.2, 0.25) is 0 Å². The normalized spacial score (nSPS) is 19.1. The van der Waals surface area contributed by atoms with Crippen molar-refractivity contribution in [3.05, 3.63) is 21.6 Å². The molecule has 5 nitrogen and oxygen atoms in total. The quantitative estimate of drug-likeness (QED) is 0.699. The lowest BCUT2D eigenvalue weighted by atomic mass is 10.1. The summed E-state index contributed by atoms with van der Waals surface area (Å²) in [5, 5.41) is 2.88. The number of H-pyrrole nitrogens is 1. The molecule has 0 aromatic carbocycles. The number of rotatable bonds is 0. The van der Waals surface area contributed by atoms with Crippen LogP contribution >= 0.6 is 0 Å². The van der Waals surface area contributed by atoms with E-state index in [1.807, 2.05) is 20.8 Å². The van der Waals surface area contributed by atoms with Crippen LogP contribution in [0.4, 0.5) is 0 Å². The Kier molecular flexibility index (Phi) is 1.92. The second-order valence-corrected chi connectivity index (χ2v) is 6.98. The third-order valence-corrected chi connectivity index (χ3v) is 3.93. The molecule has 1 aromatic heterocycles. The molecule has 2 rings (SSSR count). The van der Waals surface area contributed by atoms with Crippen molar-refractivity contribution < 1.29 is 8.42 Å². The van der Waals surface area contributed by atoms with E-state index < -0.39 is 9.84 Å². The number of aromatic nitrogens is 2. The molecule has 0 saturated heterocycles. The zero-order valence-electron chi connectivity index (χ0n) is 8.99. The van der Waals surface area contributed by atoms with E-state index in [4.69, 9.17) is 0 Å². The van der Waals surface area contributed by atoms with Crippen LogP contribution in [0.1, 0.15) is 32.0 Å². The summed E-state index contributed by atoms with van der Waals surface area (Å²) >= 11 is 0. The van der Waals surface area contributed by atoms with Gasteiger partial charge in [0, 0.05) is 0 Å². The maximum atomic E-state index is 11.9. The molecule has 0 radical (unpaired) electrons. The minimum atomic E-state index is -3.09. The number of fused-ring (bicyclic) bond motifs is 1. The summed E-state index contributed by atoms with van der Waals surface area (Å²) in [4.78, 5) is 11.9. The fourth-order valence-corrected chi connectivity index (χ4v) is 3.27. The Bertz CT molecular complexity index is 557. The molecule has 0 unspecified atom stereocenters. The van der Waals surface area contributed by atoms with Gasteiger partial charge in [-0.25, -0.2) is 13.1 Å². The molecule has 84 valence electrons. The minimum Gasteiger partial charge on any atom is -0.298 e. The summed E-state index contributed by atoms with van der Waals surface area (Å²) in [6, 6.07) is 0. The molecule has 0 bridgehead atoms. The lowest BCUT2D eigenvalue weighted by molar-refractivity contribution is 0.343.